The number of amidine groups is 1. The second-order valence-corrected chi connectivity index (χ2v) is 7.30. The van der Waals surface area contributed by atoms with Crippen molar-refractivity contribution >= 4 is 35.2 Å². The molecule has 28 heavy (non-hydrogen) atoms. The lowest BCUT2D eigenvalue weighted by molar-refractivity contribution is -0.419. The van der Waals surface area contributed by atoms with Crippen LogP contribution in [0.2, 0.25) is 0 Å². The number of nitrogens with zero attached hydrogens (tertiary/aromatic N) is 3. The van der Waals surface area contributed by atoms with Crippen LogP contribution in [0.4, 0.5) is 0 Å². The molecule has 2 aliphatic rings. The molecule has 9 nitrogen and oxygen atoms in total. The molecule has 1 fully saturated rings. The molecular formula is C18H25N6O3S-. The van der Waals surface area contributed by atoms with Crippen LogP contribution in [0.1, 0.15) is 13.3 Å². The second kappa shape index (κ2) is 10.1. The van der Waals surface area contributed by atoms with Gasteiger partial charge in [-0.25, -0.2) is 9.20 Å². The average Bonchev–Trinajstić information content (AvgIpc) is 3.10. The molecule has 2 unspecified atom stereocenters. The zero-order valence-corrected chi connectivity index (χ0v) is 16.4. The third-order valence-electron chi connectivity index (χ3n) is 4.26. The van der Waals surface area contributed by atoms with Gasteiger partial charge in [-0.2, -0.15) is 0 Å². The van der Waals surface area contributed by atoms with Crippen molar-refractivity contribution in [1.29, 1.82) is 5.41 Å². The standard InChI is InChI=1S/C18H25N6O3S/c1-12(13-3-5-15(6-4-13)28(26)27)23-16(17(20)21-2)18(25)22-8-10-24-9-7-14(19)11-24/h3-6,8,14,20,22,25H,2,7,9-11,19H2,1H3,(H,26,27)/q-1. The van der Waals surface area contributed by atoms with Crippen molar-refractivity contribution < 1.29 is 18.9 Å². The molecule has 0 aromatic rings. The highest BCUT2D eigenvalue weighted by Gasteiger charge is 2.18. The first-order valence-electron chi connectivity index (χ1n) is 8.63. The maximum Gasteiger partial charge on any atom is 0.241 e. The smallest absolute Gasteiger partial charge is 0.241 e. The van der Waals surface area contributed by atoms with E-state index in [2.05, 4.69) is 26.6 Å². The maximum atomic E-state index is 11.1. The molecule has 1 aliphatic carbocycles. The molecule has 6 N–H and O–H groups in total. The average molecular weight is 406 g/mol. The fourth-order valence-electron chi connectivity index (χ4n) is 2.71. The molecule has 0 saturated carbocycles. The molecule has 1 saturated heterocycles. The van der Waals surface area contributed by atoms with Gasteiger partial charge in [-0.05, 0) is 30.3 Å². The summed E-state index contributed by atoms with van der Waals surface area (Å²) in [5, 5.41) is 18.2. The van der Waals surface area contributed by atoms with Gasteiger partial charge in [-0.1, -0.05) is 6.92 Å². The molecule has 0 aromatic heterocycles. The molecule has 1 aliphatic heterocycles. The number of aliphatic hydroxyl groups is 1. The molecule has 2 rings (SSSR count). The Hall–Kier alpha value is -2.53. The lowest BCUT2D eigenvalue weighted by Gasteiger charge is -2.18. The molecule has 0 radical (unpaired) electrons. The summed E-state index contributed by atoms with van der Waals surface area (Å²) in [6, 6.07) is 0.174. The summed E-state index contributed by atoms with van der Waals surface area (Å²) in [6.45, 7) is 8.96. The van der Waals surface area contributed by atoms with Crippen LogP contribution in [-0.2, 0) is 11.1 Å². The minimum atomic E-state index is -2.06. The third kappa shape index (κ3) is 5.99. The Morgan fingerprint density at radius 2 is 2.36 bits per heavy atom. The predicted octanol–water partition coefficient (Wildman–Crippen LogP) is -0.509. The van der Waals surface area contributed by atoms with Crippen LogP contribution in [0.5, 0.6) is 0 Å². The Balaban J connectivity index is 2.13. The van der Waals surface area contributed by atoms with Crippen molar-refractivity contribution in [2.24, 2.45) is 15.7 Å². The van der Waals surface area contributed by atoms with E-state index < -0.39 is 11.1 Å². The highest BCUT2D eigenvalue weighted by molar-refractivity contribution is 7.83. The SMILES string of the molecule is C=NC(=N)C(=NC(C)=C1C=CC(S(=O)O)=C[CH-]1)C(O)=[NH+][CH-]CN1CCC(N)C1. The monoisotopic (exact) mass is 405 g/mol. The molecule has 1 heterocycles. The Morgan fingerprint density at radius 1 is 1.61 bits per heavy atom. The van der Waals surface area contributed by atoms with Gasteiger partial charge < -0.3 is 30.3 Å². The first-order valence-corrected chi connectivity index (χ1v) is 9.74. The summed E-state index contributed by atoms with van der Waals surface area (Å²) in [4.78, 5) is 13.0. The largest absolute Gasteiger partial charge is 0.543 e. The van der Waals surface area contributed by atoms with Crippen LogP contribution in [-0.4, -0.2) is 68.6 Å². The van der Waals surface area contributed by atoms with Crippen LogP contribution >= 0.6 is 0 Å². The van der Waals surface area contributed by atoms with Crippen molar-refractivity contribution in [2.75, 3.05) is 19.6 Å². The summed E-state index contributed by atoms with van der Waals surface area (Å²) >= 11 is -2.06. The number of nitrogens with one attached hydrogen (secondary N) is 2. The summed E-state index contributed by atoms with van der Waals surface area (Å²) in [5.41, 5.74) is 6.98. The van der Waals surface area contributed by atoms with E-state index in [1.807, 2.05) is 0 Å². The molecule has 0 amide bonds. The van der Waals surface area contributed by atoms with Gasteiger partial charge in [0.2, 0.25) is 5.90 Å². The molecule has 10 heteroatoms. The zero-order chi connectivity index (χ0) is 20.7. The lowest BCUT2D eigenvalue weighted by atomic mass is 10.1. The number of aliphatic imine (C=N–C) groups is 2. The van der Waals surface area contributed by atoms with E-state index in [1.165, 1.54) is 12.2 Å². The topological polar surface area (TPSA) is 149 Å². The van der Waals surface area contributed by atoms with Crippen molar-refractivity contribution in [3.05, 3.63) is 47.4 Å². The predicted molar refractivity (Wildman–Crippen MR) is 112 cm³/mol. The van der Waals surface area contributed by atoms with E-state index in [9.17, 15) is 9.32 Å². The molecule has 152 valence electrons. The Morgan fingerprint density at radius 3 is 2.89 bits per heavy atom. The number of rotatable bonds is 7. The zero-order valence-electron chi connectivity index (χ0n) is 15.6. The molecule has 0 bridgehead atoms. The number of nitrogens with two attached hydrogens (primary N) is 1. The van der Waals surface area contributed by atoms with Gasteiger partial charge >= 0.3 is 0 Å². The van der Waals surface area contributed by atoms with E-state index in [0.717, 1.165) is 19.5 Å². The molecule has 0 spiro atoms. The number of likely N-dealkylation sites (tertiary alicyclic amines) is 1. The van der Waals surface area contributed by atoms with Gasteiger partial charge in [0, 0.05) is 25.7 Å². The highest BCUT2D eigenvalue weighted by Crippen LogP contribution is 2.20. The number of hydrogen-bond acceptors (Lipinski definition) is 5. The number of aliphatic hydroxyl groups excluding tert-OH is 1. The Bertz CT molecular complexity index is 812. The van der Waals surface area contributed by atoms with Crippen LogP contribution in [0.3, 0.4) is 0 Å². The number of allylic oxidation sites excluding steroid dienone is 5. The molecule has 2 atom stereocenters. The van der Waals surface area contributed by atoms with Gasteiger partial charge in [0.15, 0.2) is 5.84 Å². The summed E-state index contributed by atoms with van der Waals surface area (Å²) in [7, 11) is 0. The van der Waals surface area contributed by atoms with Gasteiger partial charge in [0.1, 0.15) is 16.8 Å². The van der Waals surface area contributed by atoms with Crippen molar-refractivity contribution in [3.8, 4) is 0 Å². The van der Waals surface area contributed by atoms with Gasteiger partial charge in [-0.3, -0.25) is 5.41 Å². The Kier molecular flexibility index (Phi) is 7.88. The maximum absolute atomic E-state index is 11.1. The van der Waals surface area contributed by atoms with Gasteiger partial charge in [0.25, 0.3) is 0 Å². The lowest BCUT2D eigenvalue weighted by Crippen LogP contribution is -2.73. The van der Waals surface area contributed by atoms with Crippen LogP contribution < -0.4 is 10.7 Å². The number of hydrogen-bond donors (Lipinski definition) is 5. The fourth-order valence-corrected chi connectivity index (χ4v) is 3.07. The van der Waals surface area contributed by atoms with Crippen molar-refractivity contribution in [2.45, 2.75) is 19.4 Å². The second-order valence-electron chi connectivity index (χ2n) is 6.33. The minimum Gasteiger partial charge on any atom is -0.543 e. The van der Waals surface area contributed by atoms with E-state index in [4.69, 9.17) is 15.7 Å². The third-order valence-corrected chi connectivity index (χ3v) is 4.93. The quantitative estimate of drug-likeness (QED) is 0.167. The first kappa shape index (κ1) is 21.8. The van der Waals surface area contributed by atoms with Gasteiger partial charge in [-0.15, -0.1) is 30.2 Å². The van der Waals surface area contributed by atoms with Crippen LogP contribution in [0.25, 0.3) is 0 Å². The molecular weight excluding hydrogens is 380 g/mol. The first-order chi connectivity index (χ1) is 13.3. The van der Waals surface area contributed by atoms with E-state index in [-0.39, 0.29) is 28.4 Å². The normalized spacial score (nSPS) is 23.7. The van der Waals surface area contributed by atoms with Gasteiger partial charge in [0.05, 0.1) is 0 Å². The fraction of sp³-hybridized carbons (Fsp3) is 0.333. The minimum absolute atomic E-state index is 0.0586. The Labute approximate surface area is 167 Å². The molecule has 0 aromatic carbocycles. The van der Waals surface area contributed by atoms with E-state index in [1.54, 1.807) is 26.0 Å². The van der Waals surface area contributed by atoms with Crippen LogP contribution in [0, 0.1) is 18.4 Å². The van der Waals surface area contributed by atoms with E-state index >= 15 is 0 Å². The highest BCUT2D eigenvalue weighted by atomic mass is 32.2. The summed E-state index contributed by atoms with van der Waals surface area (Å²) in [6.07, 6.45) is 7.24. The van der Waals surface area contributed by atoms with Crippen LogP contribution in [0.15, 0.2) is 44.4 Å². The summed E-state index contributed by atoms with van der Waals surface area (Å²) in [5.74, 6) is -0.595. The van der Waals surface area contributed by atoms with E-state index in [0.29, 0.717) is 17.8 Å². The summed E-state index contributed by atoms with van der Waals surface area (Å²) < 4.78 is 20.1. The van der Waals surface area contributed by atoms with Crippen molar-refractivity contribution in [3.63, 3.8) is 0 Å². The van der Waals surface area contributed by atoms with Crippen molar-refractivity contribution in [1.82, 2.24) is 4.90 Å².